The van der Waals surface area contributed by atoms with Gasteiger partial charge in [-0.25, -0.2) is 0 Å². The average Bonchev–Trinajstić information content (AvgIpc) is 2.47. The van der Waals surface area contributed by atoms with Crippen molar-refractivity contribution >= 4 is 29.9 Å². The molecule has 0 saturated carbocycles. The SMILES string of the molecule is Cc1cc(C(=O)NC(CN)CC(C)C)ccc1NC(=O)CC(C)C.Cl. The van der Waals surface area contributed by atoms with Gasteiger partial charge in [-0.15, -0.1) is 12.4 Å². The van der Waals surface area contributed by atoms with E-state index in [9.17, 15) is 9.59 Å². The summed E-state index contributed by atoms with van der Waals surface area (Å²) >= 11 is 0. The summed E-state index contributed by atoms with van der Waals surface area (Å²) in [5.74, 6) is 0.642. The van der Waals surface area contributed by atoms with E-state index in [0.29, 0.717) is 30.4 Å². The van der Waals surface area contributed by atoms with Crippen molar-refractivity contribution < 1.29 is 9.59 Å². The maximum atomic E-state index is 12.4. The van der Waals surface area contributed by atoms with Crippen LogP contribution in [0.2, 0.25) is 0 Å². The highest BCUT2D eigenvalue weighted by molar-refractivity contribution is 5.96. The van der Waals surface area contributed by atoms with E-state index in [0.717, 1.165) is 17.7 Å². The molecule has 1 unspecified atom stereocenters. The lowest BCUT2D eigenvalue weighted by Gasteiger charge is -2.19. The van der Waals surface area contributed by atoms with E-state index in [2.05, 4.69) is 24.5 Å². The lowest BCUT2D eigenvalue weighted by molar-refractivity contribution is -0.116. The molecule has 2 amide bonds. The Balaban J connectivity index is 0.00000576. The van der Waals surface area contributed by atoms with E-state index >= 15 is 0 Å². The van der Waals surface area contributed by atoms with Crippen molar-refractivity contribution in [2.45, 2.75) is 53.5 Å². The second-order valence-electron chi connectivity index (χ2n) is 7.21. The Bertz CT molecular complexity index is 574. The molecule has 0 fully saturated rings. The molecular formula is C19H32ClN3O2. The quantitative estimate of drug-likeness (QED) is 0.655. The summed E-state index contributed by atoms with van der Waals surface area (Å²) < 4.78 is 0. The third kappa shape index (κ3) is 8.36. The van der Waals surface area contributed by atoms with E-state index in [-0.39, 0.29) is 30.3 Å². The number of hydrogen-bond donors (Lipinski definition) is 3. The number of amides is 2. The molecular weight excluding hydrogens is 338 g/mol. The molecule has 1 atom stereocenters. The summed E-state index contributed by atoms with van der Waals surface area (Å²) in [5, 5.41) is 5.87. The van der Waals surface area contributed by atoms with Crippen LogP contribution < -0.4 is 16.4 Å². The zero-order valence-electron chi connectivity index (χ0n) is 15.9. The van der Waals surface area contributed by atoms with Crippen LogP contribution in [0.5, 0.6) is 0 Å². The van der Waals surface area contributed by atoms with Gasteiger partial charge in [-0.1, -0.05) is 27.7 Å². The average molecular weight is 370 g/mol. The maximum absolute atomic E-state index is 12.4. The summed E-state index contributed by atoms with van der Waals surface area (Å²) in [7, 11) is 0. The van der Waals surface area contributed by atoms with Gasteiger partial charge in [-0.3, -0.25) is 9.59 Å². The van der Waals surface area contributed by atoms with Crippen LogP contribution in [-0.2, 0) is 4.79 Å². The first-order chi connectivity index (χ1) is 11.2. The fraction of sp³-hybridized carbons (Fsp3) is 0.579. The first-order valence-corrected chi connectivity index (χ1v) is 8.64. The zero-order valence-corrected chi connectivity index (χ0v) is 16.7. The summed E-state index contributed by atoms with van der Waals surface area (Å²) in [5.41, 5.74) is 7.93. The van der Waals surface area contributed by atoms with Gasteiger partial charge < -0.3 is 16.4 Å². The van der Waals surface area contributed by atoms with Crippen LogP contribution in [0.15, 0.2) is 18.2 Å². The molecule has 0 heterocycles. The topological polar surface area (TPSA) is 84.2 Å². The minimum atomic E-state index is -0.130. The van der Waals surface area contributed by atoms with Gasteiger partial charge in [0, 0.05) is 30.3 Å². The number of hydrogen-bond acceptors (Lipinski definition) is 3. The first kappa shape index (κ1) is 23.4. The number of nitrogens with two attached hydrogens (primary N) is 1. The molecule has 4 N–H and O–H groups in total. The maximum Gasteiger partial charge on any atom is 0.251 e. The Labute approximate surface area is 157 Å². The molecule has 0 bridgehead atoms. The van der Waals surface area contributed by atoms with Crippen LogP contribution >= 0.6 is 12.4 Å². The summed E-state index contributed by atoms with van der Waals surface area (Å²) in [6.07, 6.45) is 1.33. The molecule has 1 aromatic rings. The number of nitrogens with one attached hydrogen (secondary N) is 2. The van der Waals surface area contributed by atoms with Crippen molar-refractivity contribution in [1.82, 2.24) is 5.32 Å². The van der Waals surface area contributed by atoms with Crippen LogP contribution in [0.25, 0.3) is 0 Å². The van der Waals surface area contributed by atoms with Crippen LogP contribution in [0.1, 0.15) is 56.5 Å². The van der Waals surface area contributed by atoms with Crippen LogP contribution in [-0.4, -0.2) is 24.4 Å². The van der Waals surface area contributed by atoms with Gasteiger partial charge >= 0.3 is 0 Å². The van der Waals surface area contributed by atoms with E-state index in [1.165, 1.54) is 0 Å². The van der Waals surface area contributed by atoms with Crippen LogP contribution in [0.4, 0.5) is 5.69 Å². The monoisotopic (exact) mass is 369 g/mol. The van der Waals surface area contributed by atoms with E-state index in [1.807, 2.05) is 20.8 Å². The molecule has 0 aliphatic rings. The molecule has 0 spiro atoms. The van der Waals surface area contributed by atoms with Gasteiger partial charge in [0.15, 0.2) is 0 Å². The highest BCUT2D eigenvalue weighted by atomic mass is 35.5. The minimum absolute atomic E-state index is 0. The highest BCUT2D eigenvalue weighted by Gasteiger charge is 2.15. The lowest BCUT2D eigenvalue weighted by atomic mass is 10.0. The van der Waals surface area contributed by atoms with Gasteiger partial charge in [-0.05, 0) is 48.9 Å². The van der Waals surface area contributed by atoms with E-state index in [1.54, 1.807) is 18.2 Å². The largest absolute Gasteiger partial charge is 0.348 e. The van der Waals surface area contributed by atoms with Gasteiger partial charge in [0.2, 0.25) is 5.91 Å². The molecule has 0 radical (unpaired) electrons. The summed E-state index contributed by atoms with van der Waals surface area (Å²) in [6.45, 7) is 10.5. The molecule has 0 aromatic heterocycles. The predicted molar refractivity (Wildman–Crippen MR) is 106 cm³/mol. The number of carbonyl (C=O) groups is 2. The van der Waals surface area contributed by atoms with Crippen LogP contribution in [0, 0.1) is 18.8 Å². The standard InChI is InChI=1S/C19H31N3O2.ClH/c1-12(2)8-16(11-20)21-19(24)15-6-7-17(14(5)10-15)22-18(23)9-13(3)4;/h6-7,10,12-13,16H,8-9,11,20H2,1-5H3,(H,21,24)(H,22,23);1H. The molecule has 0 aliphatic carbocycles. The van der Waals surface area contributed by atoms with Gasteiger partial charge in [0.25, 0.3) is 5.91 Å². The molecule has 6 heteroatoms. The molecule has 0 aliphatic heterocycles. The van der Waals surface area contributed by atoms with Gasteiger partial charge in [0.1, 0.15) is 0 Å². The van der Waals surface area contributed by atoms with E-state index < -0.39 is 0 Å². The number of benzene rings is 1. The van der Waals surface area contributed by atoms with Crippen molar-refractivity contribution in [2.75, 3.05) is 11.9 Å². The van der Waals surface area contributed by atoms with Crippen molar-refractivity contribution in [3.05, 3.63) is 29.3 Å². The van der Waals surface area contributed by atoms with Crippen molar-refractivity contribution in [3.8, 4) is 0 Å². The number of halogens is 1. The number of carbonyl (C=O) groups excluding carboxylic acids is 2. The molecule has 1 aromatic carbocycles. The zero-order chi connectivity index (χ0) is 18.3. The van der Waals surface area contributed by atoms with Crippen molar-refractivity contribution in [3.63, 3.8) is 0 Å². The Morgan fingerprint density at radius 3 is 2.24 bits per heavy atom. The predicted octanol–water partition coefficient (Wildman–Crippen LogP) is 3.50. The van der Waals surface area contributed by atoms with Crippen LogP contribution in [0.3, 0.4) is 0 Å². The fourth-order valence-electron chi connectivity index (χ4n) is 2.57. The first-order valence-electron chi connectivity index (χ1n) is 8.64. The summed E-state index contributed by atoms with van der Waals surface area (Å²) in [4.78, 5) is 24.2. The number of aryl methyl sites for hydroxylation is 1. The third-order valence-corrected chi connectivity index (χ3v) is 3.73. The fourth-order valence-corrected chi connectivity index (χ4v) is 2.57. The van der Waals surface area contributed by atoms with Crippen molar-refractivity contribution in [1.29, 1.82) is 0 Å². The van der Waals surface area contributed by atoms with E-state index in [4.69, 9.17) is 5.73 Å². The van der Waals surface area contributed by atoms with Crippen molar-refractivity contribution in [2.24, 2.45) is 17.6 Å². The molecule has 5 nitrogen and oxygen atoms in total. The highest BCUT2D eigenvalue weighted by Crippen LogP contribution is 2.18. The van der Waals surface area contributed by atoms with Gasteiger partial charge in [0.05, 0.1) is 0 Å². The lowest BCUT2D eigenvalue weighted by Crippen LogP contribution is -2.41. The molecule has 142 valence electrons. The molecule has 25 heavy (non-hydrogen) atoms. The third-order valence-electron chi connectivity index (χ3n) is 3.73. The Kier molecular flexibility index (Phi) is 10.4. The second-order valence-corrected chi connectivity index (χ2v) is 7.21. The Morgan fingerprint density at radius 1 is 1.12 bits per heavy atom. The number of rotatable bonds is 8. The smallest absolute Gasteiger partial charge is 0.251 e. The summed E-state index contributed by atoms with van der Waals surface area (Å²) in [6, 6.07) is 5.28. The minimum Gasteiger partial charge on any atom is -0.348 e. The Morgan fingerprint density at radius 2 is 1.76 bits per heavy atom. The second kappa shape index (κ2) is 11.1. The van der Waals surface area contributed by atoms with Gasteiger partial charge in [-0.2, -0.15) is 0 Å². The molecule has 0 saturated heterocycles. The molecule has 1 rings (SSSR count). The Hall–Kier alpha value is -1.59. The number of anilines is 1. The normalized spacial score (nSPS) is 11.8.